The molecule has 7 nitrogen and oxygen atoms in total. The van der Waals surface area contributed by atoms with Gasteiger partial charge in [0.05, 0.1) is 6.61 Å². The minimum Gasteiger partial charge on any atom is -0.394 e. The largest absolute Gasteiger partial charge is 0.394 e. The Morgan fingerprint density at radius 3 is 2.56 bits per heavy atom. The van der Waals surface area contributed by atoms with E-state index in [1.54, 1.807) is 0 Å². The first kappa shape index (κ1) is 13.3. The van der Waals surface area contributed by atoms with Crippen LogP contribution in [-0.2, 0) is 14.3 Å². The monoisotopic (exact) mass is 235 g/mol. The summed E-state index contributed by atoms with van der Waals surface area (Å²) in [5, 5.41) is 30.7. The molecule has 1 fully saturated rings. The van der Waals surface area contributed by atoms with Crippen LogP contribution in [0.3, 0.4) is 0 Å². The van der Waals surface area contributed by atoms with Crippen molar-refractivity contribution in [3.05, 3.63) is 0 Å². The highest BCUT2D eigenvalue weighted by atomic mass is 16.6. The molecule has 0 saturated carbocycles. The summed E-state index contributed by atoms with van der Waals surface area (Å²) in [7, 11) is 1.34. The quantitative estimate of drug-likeness (QED) is 0.433. The fraction of sp³-hybridized carbons (Fsp3) is 0.889. The average Bonchev–Trinajstić information content (AvgIpc) is 2.23. The summed E-state index contributed by atoms with van der Waals surface area (Å²) in [5.41, 5.74) is 0. The van der Waals surface area contributed by atoms with Crippen molar-refractivity contribution < 1.29 is 29.6 Å². The van der Waals surface area contributed by atoms with Gasteiger partial charge in [0.2, 0.25) is 5.91 Å². The Hall–Kier alpha value is -0.730. The van der Waals surface area contributed by atoms with Crippen LogP contribution in [-0.4, -0.2) is 65.6 Å². The molecule has 0 radical (unpaired) electrons. The third-order valence-corrected chi connectivity index (χ3v) is 2.51. The Morgan fingerprint density at radius 1 is 1.50 bits per heavy atom. The fourth-order valence-corrected chi connectivity index (χ4v) is 1.76. The standard InChI is InChI=1S/C9H17NO6/c1-4(12)10-6-8(15-2)7(13)5(3-11)16-9(6)14/h5-9,11,13-14H,3H2,1-2H3,(H,10,12)/t5-,6+,7-,8-,9-/m1/s1. The molecular formula is C9H17NO6. The van der Waals surface area contributed by atoms with Crippen molar-refractivity contribution in [3.63, 3.8) is 0 Å². The van der Waals surface area contributed by atoms with Gasteiger partial charge in [-0.05, 0) is 0 Å². The van der Waals surface area contributed by atoms with Crippen molar-refractivity contribution >= 4 is 5.91 Å². The number of hydrogen-bond acceptors (Lipinski definition) is 6. The van der Waals surface area contributed by atoms with E-state index in [9.17, 15) is 15.0 Å². The predicted molar refractivity (Wildman–Crippen MR) is 52.4 cm³/mol. The van der Waals surface area contributed by atoms with Crippen LogP contribution in [0.4, 0.5) is 0 Å². The number of amides is 1. The lowest BCUT2D eigenvalue weighted by Gasteiger charge is -2.41. The summed E-state index contributed by atoms with van der Waals surface area (Å²) in [6.45, 7) is 0.842. The van der Waals surface area contributed by atoms with E-state index in [2.05, 4.69) is 5.32 Å². The molecule has 1 saturated heterocycles. The number of aliphatic hydroxyl groups is 3. The minimum absolute atomic E-state index is 0.371. The first-order valence-electron chi connectivity index (χ1n) is 4.93. The molecule has 0 bridgehead atoms. The topological polar surface area (TPSA) is 108 Å². The van der Waals surface area contributed by atoms with Crippen molar-refractivity contribution in [3.8, 4) is 0 Å². The van der Waals surface area contributed by atoms with Gasteiger partial charge in [0.15, 0.2) is 6.29 Å². The second-order valence-electron chi connectivity index (χ2n) is 3.66. The van der Waals surface area contributed by atoms with E-state index in [0.717, 1.165) is 0 Å². The van der Waals surface area contributed by atoms with Crippen LogP contribution in [0.1, 0.15) is 6.92 Å². The maximum absolute atomic E-state index is 10.9. The van der Waals surface area contributed by atoms with Gasteiger partial charge in [0, 0.05) is 14.0 Å². The first-order chi connectivity index (χ1) is 7.51. The van der Waals surface area contributed by atoms with Crippen LogP contribution < -0.4 is 5.32 Å². The van der Waals surface area contributed by atoms with Gasteiger partial charge in [-0.15, -0.1) is 0 Å². The van der Waals surface area contributed by atoms with Gasteiger partial charge in [-0.25, -0.2) is 0 Å². The average molecular weight is 235 g/mol. The molecule has 94 valence electrons. The second kappa shape index (κ2) is 5.55. The SMILES string of the molecule is CO[C@H]1[C@H](O)[C@@H](CO)O[C@@H](O)[C@H]1NC(C)=O. The number of ether oxygens (including phenoxy) is 2. The van der Waals surface area contributed by atoms with Crippen molar-refractivity contribution in [1.82, 2.24) is 5.32 Å². The molecule has 1 amide bonds. The van der Waals surface area contributed by atoms with E-state index in [0.29, 0.717) is 0 Å². The Labute approximate surface area is 93.0 Å². The van der Waals surface area contributed by atoms with E-state index >= 15 is 0 Å². The third kappa shape index (κ3) is 2.69. The summed E-state index contributed by atoms with van der Waals surface area (Å²) in [5.74, 6) is -0.371. The molecule has 5 atom stereocenters. The molecule has 7 heteroatoms. The molecule has 1 rings (SSSR count). The highest BCUT2D eigenvalue weighted by Gasteiger charge is 2.45. The zero-order valence-electron chi connectivity index (χ0n) is 9.16. The fourth-order valence-electron chi connectivity index (χ4n) is 1.76. The van der Waals surface area contributed by atoms with Gasteiger partial charge >= 0.3 is 0 Å². The van der Waals surface area contributed by atoms with Crippen LogP contribution in [0.15, 0.2) is 0 Å². The van der Waals surface area contributed by atoms with Gasteiger partial charge in [0.25, 0.3) is 0 Å². The Bertz CT molecular complexity index is 248. The van der Waals surface area contributed by atoms with Crippen molar-refractivity contribution in [2.75, 3.05) is 13.7 Å². The minimum atomic E-state index is -1.32. The lowest BCUT2D eigenvalue weighted by molar-refractivity contribution is -0.258. The summed E-state index contributed by atoms with van der Waals surface area (Å²) in [6.07, 6.45) is -4.19. The highest BCUT2D eigenvalue weighted by molar-refractivity contribution is 5.73. The van der Waals surface area contributed by atoms with Gasteiger partial charge in [-0.3, -0.25) is 4.79 Å². The Balaban J connectivity index is 2.78. The molecule has 16 heavy (non-hydrogen) atoms. The molecule has 0 aromatic heterocycles. The van der Waals surface area contributed by atoms with E-state index in [1.165, 1.54) is 14.0 Å². The number of aliphatic hydroxyl groups excluding tert-OH is 3. The molecule has 1 aliphatic rings. The van der Waals surface area contributed by atoms with E-state index < -0.39 is 37.3 Å². The maximum Gasteiger partial charge on any atom is 0.217 e. The van der Waals surface area contributed by atoms with Crippen molar-refractivity contribution in [2.24, 2.45) is 0 Å². The number of carbonyl (C=O) groups is 1. The lowest BCUT2D eigenvalue weighted by atomic mass is 9.97. The van der Waals surface area contributed by atoms with Crippen LogP contribution in [0.2, 0.25) is 0 Å². The van der Waals surface area contributed by atoms with Gasteiger partial charge in [-0.1, -0.05) is 0 Å². The highest BCUT2D eigenvalue weighted by Crippen LogP contribution is 2.21. The van der Waals surface area contributed by atoms with Crippen molar-refractivity contribution in [2.45, 2.75) is 37.6 Å². The molecular weight excluding hydrogens is 218 g/mol. The van der Waals surface area contributed by atoms with Crippen LogP contribution in [0.25, 0.3) is 0 Å². The summed E-state index contributed by atoms with van der Waals surface area (Å²) in [4.78, 5) is 10.9. The maximum atomic E-state index is 10.9. The Morgan fingerprint density at radius 2 is 2.12 bits per heavy atom. The molecule has 0 aromatic carbocycles. The van der Waals surface area contributed by atoms with Gasteiger partial charge < -0.3 is 30.1 Å². The van der Waals surface area contributed by atoms with E-state index in [1.807, 2.05) is 0 Å². The van der Waals surface area contributed by atoms with Gasteiger partial charge in [-0.2, -0.15) is 0 Å². The Kier molecular flexibility index (Phi) is 4.63. The molecule has 4 N–H and O–H groups in total. The number of carbonyl (C=O) groups excluding carboxylic acids is 1. The van der Waals surface area contributed by atoms with Crippen molar-refractivity contribution in [1.29, 1.82) is 0 Å². The number of methoxy groups -OCH3 is 1. The smallest absolute Gasteiger partial charge is 0.217 e. The van der Waals surface area contributed by atoms with E-state index in [4.69, 9.17) is 14.6 Å². The number of rotatable bonds is 3. The van der Waals surface area contributed by atoms with Crippen LogP contribution >= 0.6 is 0 Å². The first-order valence-corrected chi connectivity index (χ1v) is 4.93. The predicted octanol–water partition coefficient (Wildman–Crippen LogP) is -2.42. The second-order valence-corrected chi connectivity index (χ2v) is 3.66. The molecule has 0 aliphatic carbocycles. The zero-order valence-corrected chi connectivity index (χ0v) is 9.16. The number of hydrogen-bond donors (Lipinski definition) is 4. The summed E-state index contributed by atoms with van der Waals surface area (Å²) in [6, 6.07) is -0.861. The summed E-state index contributed by atoms with van der Waals surface area (Å²) < 4.78 is 9.96. The third-order valence-electron chi connectivity index (χ3n) is 2.51. The van der Waals surface area contributed by atoms with E-state index in [-0.39, 0.29) is 5.91 Å². The normalized spacial score (nSPS) is 39.4. The zero-order chi connectivity index (χ0) is 12.3. The molecule has 0 aromatic rings. The molecule has 0 unspecified atom stereocenters. The van der Waals surface area contributed by atoms with Crippen LogP contribution in [0, 0.1) is 0 Å². The summed E-state index contributed by atoms with van der Waals surface area (Å²) >= 11 is 0. The molecule has 1 aliphatic heterocycles. The lowest BCUT2D eigenvalue weighted by Crippen LogP contribution is -2.64. The number of nitrogens with one attached hydrogen (secondary N) is 1. The van der Waals surface area contributed by atoms with Crippen LogP contribution in [0.5, 0.6) is 0 Å². The molecule has 0 spiro atoms. The van der Waals surface area contributed by atoms with Gasteiger partial charge in [0.1, 0.15) is 24.4 Å². The molecule has 1 heterocycles.